The van der Waals surface area contributed by atoms with Gasteiger partial charge in [-0.1, -0.05) is 55.8 Å². The van der Waals surface area contributed by atoms with E-state index >= 15 is 0 Å². The van der Waals surface area contributed by atoms with Crippen LogP contribution in [0.3, 0.4) is 0 Å². The van der Waals surface area contributed by atoms with Gasteiger partial charge in [0, 0.05) is 12.0 Å². The minimum Gasteiger partial charge on any atom is -0.453 e. The van der Waals surface area contributed by atoms with E-state index < -0.39 is 11.5 Å². The van der Waals surface area contributed by atoms with Gasteiger partial charge in [-0.25, -0.2) is 4.79 Å². The highest BCUT2D eigenvalue weighted by Crippen LogP contribution is 2.41. The van der Waals surface area contributed by atoms with Gasteiger partial charge in [0.2, 0.25) is 0 Å². The highest BCUT2D eigenvalue weighted by Gasteiger charge is 2.44. The lowest BCUT2D eigenvalue weighted by Crippen LogP contribution is -2.52. The minimum absolute atomic E-state index is 0.288. The van der Waals surface area contributed by atoms with E-state index in [0.717, 1.165) is 23.8 Å². The van der Waals surface area contributed by atoms with Crippen LogP contribution in [0.4, 0.5) is 4.79 Å². The molecule has 0 saturated carbocycles. The minimum atomic E-state index is -0.610. The molecule has 1 aliphatic rings. The summed E-state index contributed by atoms with van der Waals surface area (Å²) < 4.78 is 4.99. The predicted molar refractivity (Wildman–Crippen MR) is 89.9 cm³/mol. The largest absolute Gasteiger partial charge is 0.453 e. The van der Waals surface area contributed by atoms with Gasteiger partial charge in [-0.3, -0.25) is 4.90 Å². The van der Waals surface area contributed by atoms with Gasteiger partial charge in [-0.2, -0.15) is 0 Å². The number of allylic oxidation sites excluding steroid dienone is 1. The van der Waals surface area contributed by atoms with Gasteiger partial charge in [-0.15, -0.1) is 0 Å². The third-order valence-corrected chi connectivity index (χ3v) is 4.55. The van der Waals surface area contributed by atoms with Crippen LogP contribution >= 0.6 is 0 Å². The van der Waals surface area contributed by atoms with Gasteiger partial charge in [0.25, 0.3) is 0 Å². The Morgan fingerprint density at radius 2 is 2.04 bits per heavy atom. The van der Waals surface area contributed by atoms with Crippen LogP contribution in [0.2, 0.25) is 0 Å². The number of ether oxygens (including phenoxy) is 1. The molecule has 0 aromatic heterocycles. The molecular formula is C19H25NO3. The zero-order chi connectivity index (χ0) is 17.0. The maximum Gasteiger partial charge on any atom is 0.410 e. The number of amides is 1. The van der Waals surface area contributed by atoms with E-state index in [2.05, 4.69) is 13.0 Å². The highest BCUT2D eigenvalue weighted by atomic mass is 16.5. The fourth-order valence-corrected chi connectivity index (χ4v) is 3.80. The Balaban J connectivity index is 2.42. The quantitative estimate of drug-likeness (QED) is 0.627. The summed E-state index contributed by atoms with van der Waals surface area (Å²) in [6.07, 6.45) is 3.46. The average Bonchev–Trinajstić information content (AvgIpc) is 2.53. The van der Waals surface area contributed by atoms with Crippen LogP contribution in [-0.2, 0) is 16.1 Å². The molecule has 1 aromatic carbocycles. The molecule has 0 aliphatic heterocycles. The number of benzene rings is 1. The van der Waals surface area contributed by atoms with Crippen LogP contribution < -0.4 is 0 Å². The van der Waals surface area contributed by atoms with Crippen molar-refractivity contribution in [3.8, 4) is 0 Å². The molecule has 4 nitrogen and oxygen atoms in total. The number of carbonyl (C=O) groups excluding carboxylic acids is 2. The Kier molecular flexibility index (Phi) is 5.24. The van der Waals surface area contributed by atoms with E-state index in [1.165, 1.54) is 7.11 Å². The van der Waals surface area contributed by atoms with Crippen LogP contribution in [0.15, 0.2) is 42.0 Å². The van der Waals surface area contributed by atoms with E-state index in [1.54, 1.807) is 4.90 Å². The molecule has 124 valence electrons. The van der Waals surface area contributed by atoms with Crippen LogP contribution in [0.1, 0.15) is 32.8 Å². The molecule has 4 heteroatoms. The van der Waals surface area contributed by atoms with E-state index in [0.29, 0.717) is 12.5 Å². The summed E-state index contributed by atoms with van der Waals surface area (Å²) in [6.45, 7) is 6.43. The number of rotatable bonds is 4. The second-order valence-electron chi connectivity index (χ2n) is 6.70. The molecule has 23 heavy (non-hydrogen) atoms. The standard InChI is InChI=1S/C19H25NO3/c1-14-10-15(2)17(19(3,11-14)13-21)20(18(22)23-4)12-16-8-6-5-7-9-16/h5-10,13-14,17H,11-12H2,1-4H3/t14?,17-,19-/m0/s1. The third-order valence-electron chi connectivity index (χ3n) is 4.55. The lowest BCUT2D eigenvalue weighted by Gasteiger charge is -2.45. The van der Waals surface area contributed by atoms with Crippen molar-refractivity contribution >= 4 is 12.4 Å². The first kappa shape index (κ1) is 17.3. The molecule has 0 fully saturated rings. The summed E-state index contributed by atoms with van der Waals surface area (Å²) >= 11 is 0. The summed E-state index contributed by atoms with van der Waals surface area (Å²) in [5.41, 5.74) is 1.44. The van der Waals surface area contributed by atoms with Crippen LogP contribution in [-0.4, -0.2) is 30.4 Å². The molecule has 0 heterocycles. The highest BCUT2D eigenvalue weighted by molar-refractivity contribution is 5.71. The van der Waals surface area contributed by atoms with Crippen molar-refractivity contribution in [2.24, 2.45) is 11.3 Å². The van der Waals surface area contributed by atoms with Gasteiger partial charge in [0.05, 0.1) is 13.2 Å². The summed E-state index contributed by atoms with van der Waals surface area (Å²) in [5.74, 6) is 0.317. The molecule has 2 rings (SSSR count). The molecule has 0 saturated heterocycles. The van der Waals surface area contributed by atoms with Crippen LogP contribution in [0.5, 0.6) is 0 Å². The van der Waals surface area contributed by atoms with Crippen molar-refractivity contribution in [1.29, 1.82) is 0 Å². The fourth-order valence-electron chi connectivity index (χ4n) is 3.80. The summed E-state index contributed by atoms with van der Waals surface area (Å²) in [4.78, 5) is 25.9. The first-order valence-corrected chi connectivity index (χ1v) is 7.94. The smallest absolute Gasteiger partial charge is 0.410 e. The molecule has 1 aliphatic carbocycles. The second-order valence-corrected chi connectivity index (χ2v) is 6.70. The van der Waals surface area contributed by atoms with Crippen LogP contribution in [0.25, 0.3) is 0 Å². The van der Waals surface area contributed by atoms with Gasteiger partial charge in [0.1, 0.15) is 6.29 Å². The zero-order valence-corrected chi connectivity index (χ0v) is 14.3. The zero-order valence-electron chi connectivity index (χ0n) is 14.3. The number of nitrogens with zero attached hydrogens (tertiary/aromatic N) is 1. The summed E-state index contributed by atoms with van der Waals surface area (Å²) in [5, 5.41) is 0. The van der Waals surface area contributed by atoms with E-state index in [9.17, 15) is 9.59 Å². The molecule has 0 spiro atoms. The SMILES string of the molecule is COC(=O)N(Cc1ccccc1)[C@H]1C(C)=CC(C)C[C@@]1(C)C=O. The second kappa shape index (κ2) is 6.99. The molecule has 1 unspecified atom stereocenters. The Morgan fingerprint density at radius 1 is 1.39 bits per heavy atom. The number of carbonyl (C=O) groups is 2. The number of hydrogen-bond acceptors (Lipinski definition) is 3. The molecule has 0 N–H and O–H groups in total. The Labute approximate surface area is 138 Å². The van der Waals surface area contributed by atoms with Crippen molar-refractivity contribution in [3.05, 3.63) is 47.5 Å². The molecule has 1 aromatic rings. The summed E-state index contributed by atoms with van der Waals surface area (Å²) in [7, 11) is 1.38. The Morgan fingerprint density at radius 3 is 2.61 bits per heavy atom. The van der Waals surface area contributed by atoms with Gasteiger partial charge < -0.3 is 9.53 Å². The Hall–Kier alpha value is -2.10. The van der Waals surface area contributed by atoms with Gasteiger partial charge in [-0.05, 0) is 24.8 Å². The monoisotopic (exact) mass is 315 g/mol. The molecular weight excluding hydrogens is 290 g/mol. The van der Waals surface area contributed by atoms with Gasteiger partial charge in [0.15, 0.2) is 0 Å². The van der Waals surface area contributed by atoms with Crippen molar-refractivity contribution in [1.82, 2.24) is 4.90 Å². The third kappa shape index (κ3) is 3.63. The number of hydrogen-bond donors (Lipinski definition) is 0. The lowest BCUT2D eigenvalue weighted by molar-refractivity contribution is -0.119. The van der Waals surface area contributed by atoms with Crippen molar-refractivity contribution in [2.45, 2.75) is 39.8 Å². The van der Waals surface area contributed by atoms with Gasteiger partial charge >= 0.3 is 6.09 Å². The molecule has 0 bridgehead atoms. The molecule has 1 amide bonds. The first-order chi connectivity index (χ1) is 10.9. The van der Waals surface area contributed by atoms with Crippen molar-refractivity contribution in [3.63, 3.8) is 0 Å². The van der Waals surface area contributed by atoms with Crippen molar-refractivity contribution in [2.75, 3.05) is 7.11 Å². The lowest BCUT2D eigenvalue weighted by atomic mass is 9.69. The van der Waals surface area contributed by atoms with Crippen LogP contribution in [0, 0.1) is 11.3 Å². The maximum atomic E-state index is 12.4. The fraction of sp³-hybridized carbons (Fsp3) is 0.474. The molecule has 3 atom stereocenters. The molecule has 0 radical (unpaired) electrons. The predicted octanol–water partition coefficient (Wildman–Crippen LogP) is 3.81. The van der Waals surface area contributed by atoms with Crippen molar-refractivity contribution < 1.29 is 14.3 Å². The topological polar surface area (TPSA) is 46.6 Å². The summed E-state index contributed by atoms with van der Waals surface area (Å²) in [6, 6.07) is 9.47. The van der Waals surface area contributed by atoms with E-state index in [1.807, 2.05) is 44.2 Å². The first-order valence-electron chi connectivity index (χ1n) is 7.94. The maximum absolute atomic E-state index is 12.4. The van der Waals surface area contributed by atoms with E-state index in [-0.39, 0.29) is 6.04 Å². The average molecular weight is 315 g/mol. The number of aldehydes is 1. The number of methoxy groups -OCH3 is 1. The van der Waals surface area contributed by atoms with E-state index in [4.69, 9.17) is 4.74 Å². The Bertz CT molecular complexity index is 596. The normalized spacial score (nSPS) is 27.0.